The first-order valence-electron chi connectivity index (χ1n) is 8.99. The molecule has 1 nitrogen and oxygen atoms in total. The molecule has 1 fully saturated rings. The van der Waals surface area contributed by atoms with Gasteiger partial charge < -0.3 is 5.32 Å². The van der Waals surface area contributed by atoms with Gasteiger partial charge >= 0.3 is 0 Å². The summed E-state index contributed by atoms with van der Waals surface area (Å²) in [6.45, 7) is 15.6. The summed E-state index contributed by atoms with van der Waals surface area (Å²) in [5.41, 5.74) is 0.902. The largest absolute Gasteiger partial charge is 0.313 e. The average Bonchev–Trinajstić information content (AvgIpc) is 2.36. The summed E-state index contributed by atoms with van der Waals surface area (Å²) in [7, 11) is 0. The number of rotatable bonds is 7. The van der Waals surface area contributed by atoms with Gasteiger partial charge in [-0.2, -0.15) is 0 Å². The van der Waals surface area contributed by atoms with Gasteiger partial charge in [-0.25, -0.2) is 0 Å². The molecule has 0 aromatic heterocycles. The van der Waals surface area contributed by atoms with Gasteiger partial charge in [0.05, 0.1) is 0 Å². The Morgan fingerprint density at radius 1 is 0.950 bits per heavy atom. The van der Waals surface area contributed by atoms with Crippen LogP contribution in [0, 0.1) is 16.7 Å². The van der Waals surface area contributed by atoms with Gasteiger partial charge in [-0.3, -0.25) is 0 Å². The van der Waals surface area contributed by atoms with Gasteiger partial charge in [0.1, 0.15) is 0 Å². The lowest BCUT2D eigenvalue weighted by Crippen LogP contribution is -2.47. The van der Waals surface area contributed by atoms with Crippen molar-refractivity contribution in [3.8, 4) is 0 Å². The van der Waals surface area contributed by atoms with E-state index in [0.29, 0.717) is 10.8 Å². The fourth-order valence-electron chi connectivity index (χ4n) is 3.76. The molecule has 0 heterocycles. The van der Waals surface area contributed by atoms with E-state index < -0.39 is 0 Å². The first-order valence-corrected chi connectivity index (χ1v) is 8.99. The molecule has 0 spiro atoms. The molecule has 20 heavy (non-hydrogen) atoms. The highest BCUT2D eigenvalue weighted by atomic mass is 14.9. The Morgan fingerprint density at radius 2 is 1.60 bits per heavy atom. The number of hydrogen-bond donors (Lipinski definition) is 1. The zero-order valence-electron chi connectivity index (χ0n) is 15.0. The smallest absolute Gasteiger partial charge is 0.0100 e. The zero-order chi connectivity index (χ0) is 15.2. The topological polar surface area (TPSA) is 12.0 Å². The molecule has 2 unspecified atom stereocenters. The molecule has 0 aromatic carbocycles. The molecule has 0 bridgehead atoms. The molecule has 1 aliphatic rings. The van der Waals surface area contributed by atoms with Crippen molar-refractivity contribution in [3.05, 3.63) is 0 Å². The Kier molecular flexibility index (Phi) is 7.04. The fraction of sp³-hybridized carbons (Fsp3) is 1.00. The predicted octanol–water partition coefficient (Wildman–Crippen LogP) is 5.79. The second-order valence-electron chi connectivity index (χ2n) is 8.87. The Labute approximate surface area is 128 Å². The van der Waals surface area contributed by atoms with E-state index in [0.717, 1.165) is 12.0 Å². The van der Waals surface area contributed by atoms with E-state index in [2.05, 4.69) is 46.9 Å². The molecule has 1 aliphatic carbocycles. The molecule has 1 saturated carbocycles. The van der Waals surface area contributed by atoms with Crippen molar-refractivity contribution in [1.82, 2.24) is 5.32 Å². The third-order valence-corrected chi connectivity index (χ3v) is 5.18. The first-order chi connectivity index (χ1) is 9.26. The number of nitrogens with one attached hydrogen (secondary N) is 1. The van der Waals surface area contributed by atoms with E-state index in [9.17, 15) is 0 Å². The summed E-state index contributed by atoms with van der Waals surface area (Å²) < 4.78 is 0. The van der Waals surface area contributed by atoms with Crippen molar-refractivity contribution in [2.24, 2.45) is 16.7 Å². The molecule has 1 rings (SSSR count). The third-order valence-electron chi connectivity index (χ3n) is 5.18. The highest BCUT2D eigenvalue weighted by Gasteiger charge is 2.34. The van der Waals surface area contributed by atoms with Gasteiger partial charge in [-0.05, 0) is 36.0 Å². The molecule has 0 aromatic rings. The number of unbranched alkanes of at least 4 members (excludes halogenated alkanes) is 2. The lowest BCUT2D eigenvalue weighted by Gasteiger charge is -2.42. The van der Waals surface area contributed by atoms with Crippen molar-refractivity contribution in [2.45, 2.75) is 99.0 Å². The van der Waals surface area contributed by atoms with E-state index in [1.807, 2.05) is 0 Å². The normalized spacial score (nSPS) is 24.9. The van der Waals surface area contributed by atoms with E-state index >= 15 is 0 Å². The SMILES string of the molecule is CCCCCC(C)(C)CNC1CCCCC1C(C)(C)C. The highest BCUT2D eigenvalue weighted by Crippen LogP contribution is 2.38. The van der Waals surface area contributed by atoms with Crippen LogP contribution in [0.15, 0.2) is 0 Å². The minimum atomic E-state index is 0.449. The van der Waals surface area contributed by atoms with Crippen LogP contribution in [0.1, 0.15) is 92.9 Å². The van der Waals surface area contributed by atoms with Gasteiger partial charge in [0.15, 0.2) is 0 Å². The Bertz CT molecular complexity index is 261. The predicted molar refractivity (Wildman–Crippen MR) is 91.1 cm³/mol. The summed E-state index contributed by atoms with van der Waals surface area (Å²) in [5, 5.41) is 3.95. The second-order valence-corrected chi connectivity index (χ2v) is 8.87. The van der Waals surface area contributed by atoms with Crippen molar-refractivity contribution >= 4 is 0 Å². The minimum Gasteiger partial charge on any atom is -0.313 e. The summed E-state index contributed by atoms with van der Waals surface area (Å²) in [5.74, 6) is 0.850. The molecule has 2 atom stereocenters. The zero-order valence-corrected chi connectivity index (χ0v) is 15.0. The highest BCUT2D eigenvalue weighted by molar-refractivity contribution is 4.89. The van der Waals surface area contributed by atoms with Crippen molar-refractivity contribution in [3.63, 3.8) is 0 Å². The van der Waals surface area contributed by atoms with Crippen molar-refractivity contribution in [1.29, 1.82) is 0 Å². The maximum atomic E-state index is 3.95. The van der Waals surface area contributed by atoms with Crippen LogP contribution >= 0.6 is 0 Å². The van der Waals surface area contributed by atoms with Crippen LogP contribution in [-0.4, -0.2) is 12.6 Å². The molecule has 0 aliphatic heterocycles. The Balaban J connectivity index is 2.45. The van der Waals surface area contributed by atoms with Gasteiger partial charge in [0, 0.05) is 12.6 Å². The second kappa shape index (κ2) is 7.82. The summed E-state index contributed by atoms with van der Waals surface area (Å²) in [6.07, 6.45) is 11.1. The molecule has 120 valence electrons. The average molecular weight is 282 g/mol. The van der Waals surface area contributed by atoms with Crippen molar-refractivity contribution in [2.75, 3.05) is 6.54 Å². The molecular formula is C19H39N. The summed E-state index contributed by atoms with van der Waals surface area (Å²) in [4.78, 5) is 0. The van der Waals surface area contributed by atoms with Gasteiger partial charge in [-0.15, -0.1) is 0 Å². The van der Waals surface area contributed by atoms with Crippen LogP contribution in [0.4, 0.5) is 0 Å². The fourth-order valence-corrected chi connectivity index (χ4v) is 3.76. The molecule has 1 heteroatoms. The van der Waals surface area contributed by atoms with Crippen LogP contribution in [0.5, 0.6) is 0 Å². The lowest BCUT2D eigenvalue weighted by molar-refractivity contribution is 0.121. The maximum Gasteiger partial charge on any atom is 0.0100 e. The molecule has 0 radical (unpaired) electrons. The van der Waals surface area contributed by atoms with Crippen LogP contribution in [-0.2, 0) is 0 Å². The van der Waals surface area contributed by atoms with E-state index in [-0.39, 0.29) is 0 Å². The van der Waals surface area contributed by atoms with Crippen LogP contribution in [0.3, 0.4) is 0 Å². The van der Waals surface area contributed by atoms with Gasteiger partial charge in [0.2, 0.25) is 0 Å². The summed E-state index contributed by atoms with van der Waals surface area (Å²) >= 11 is 0. The minimum absolute atomic E-state index is 0.449. The van der Waals surface area contributed by atoms with Crippen LogP contribution < -0.4 is 5.32 Å². The number of hydrogen-bond acceptors (Lipinski definition) is 1. The van der Waals surface area contributed by atoms with Crippen LogP contribution in [0.2, 0.25) is 0 Å². The molecule has 0 amide bonds. The quantitative estimate of drug-likeness (QED) is 0.583. The first kappa shape index (κ1) is 18.0. The van der Waals surface area contributed by atoms with E-state index in [1.165, 1.54) is 57.9 Å². The van der Waals surface area contributed by atoms with Crippen molar-refractivity contribution < 1.29 is 0 Å². The van der Waals surface area contributed by atoms with Crippen LogP contribution in [0.25, 0.3) is 0 Å². The van der Waals surface area contributed by atoms with Gasteiger partial charge in [-0.1, -0.05) is 73.6 Å². The maximum absolute atomic E-state index is 3.95. The molecule has 1 N–H and O–H groups in total. The lowest BCUT2D eigenvalue weighted by atomic mass is 9.69. The van der Waals surface area contributed by atoms with E-state index in [4.69, 9.17) is 0 Å². The standard InChI is InChI=1S/C19H39N/c1-7-8-11-14-19(5,6)15-20-17-13-10-9-12-16(17)18(2,3)4/h16-17,20H,7-15H2,1-6H3. The third kappa shape index (κ3) is 6.16. The molecular weight excluding hydrogens is 242 g/mol. The summed E-state index contributed by atoms with van der Waals surface area (Å²) in [6, 6.07) is 0.745. The van der Waals surface area contributed by atoms with Gasteiger partial charge in [0.25, 0.3) is 0 Å². The molecule has 0 saturated heterocycles. The Morgan fingerprint density at radius 3 is 2.20 bits per heavy atom. The monoisotopic (exact) mass is 281 g/mol. The Hall–Kier alpha value is -0.0400. The van der Waals surface area contributed by atoms with E-state index in [1.54, 1.807) is 0 Å².